The third kappa shape index (κ3) is 1.91. The zero-order valence-corrected chi connectivity index (χ0v) is 8.43. The molecule has 0 aliphatic carbocycles. The van der Waals surface area contributed by atoms with Gasteiger partial charge in [0.15, 0.2) is 5.76 Å². The van der Waals surface area contributed by atoms with E-state index in [1.165, 1.54) is 6.26 Å². The molecular weight excluding hydrogens is 190 g/mol. The van der Waals surface area contributed by atoms with Gasteiger partial charge in [-0.2, -0.15) is 0 Å². The summed E-state index contributed by atoms with van der Waals surface area (Å²) in [6.45, 7) is 5.23. The van der Waals surface area contributed by atoms with E-state index in [2.05, 4.69) is 11.7 Å². The molecule has 3 heteroatoms. The Bertz CT molecular complexity index is 478. The molecule has 0 saturated carbocycles. The van der Waals surface area contributed by atoms with E-state index in [0.717, 1.165) is 11.0 Å². The van der Waals surface area contributed by atoms with Crippen molar-refractivity contribution >= 4 is 16.7 Å². The number of rotatable bonds is 3. The Labute approximate surface area is 87.6 Å². The quantitative estimate of drug-likeness (QED) is 0.433. The van der Waals surface area contributed by atoms with E-state index < -0.39 is 0 Å². The minimum absolute atomic E-state index is 0.686. The summed E-state index contributed by atoms with van der Waals surface area (Å²) in [7, 11) is 0. The fraction of sp³-hybridized carbons (Fsp3) is 0.0833. The summed E-state index contributed by atoms with van der Waals surface area (Å²) in [6, 6.07) is 9.74. The van der Waals surface area contributed by atoms with Crippen molar-refractivity contribution in [2.24, 2.45) is 5.16 Å². The van der Waals surface area contributed by atoms with Gasteiger partial charge >= 0.3 is 0 Å². The van der Waals surface area contributed by atoms with Gasteiger partial charge in [0.1, 0.15) is 17.6 Å². The summed E-state index contributed by atoms with van der Waals surface area (Å²) in [5, 5.41) is 4.87. The van der Waals surface area contributed by atoms with E-state index in [1.807, 2.05) is 37.3 Å². The van der Waals surface area contributed by atoms with Crippen LogP contribution in [0.2, 0.25) is 0 Å². The maximum atomic E-state index is 5.58. The second-order valence-electron chi connectivity index (χ2n) is 3.10. The van der Waals surface area contributed by atoms with Crippen molar-refractivity contribution in [2.75, 3.05) is 0 Å². The fourth-order valence-electron chi connectivity index (χ4n) is 1.32. The van der Waals surface area contributed by atoms with Crippen LogP contribution in [0.3, 0.4) is 0 Å². The van der Waals surface area contributed by atoms with Crippen LogP contribution >= 0.6 is 0 Å². The zero-order chi connectivity index (χ0) is 10.7. The number of furan rings is 1. The highest BCUT2D eigenvalue weighted by molar-refractivity contribution is 5.99. The van der Waals surface area contributed by atoms with E-state index in [4.69, 9.17) is 9.25 Å². The first kappa shape index (κ1) is 9.52. The van der Waals surface area contributed by atoms with Gasteiger partial charge < -0.3 is 9.25 Å². The highest BCUT2D eigenvalue weighted by atomic mass is 16.6. The van der Waals surface area contributed by atoms with Crippen LogP contribution in [0.4, 0.5) is 0 Å². The summed E-state index contributed by atoms with van der Waals surface area (Å²) in [4.78, 5) is 4.74. The summed E-state index contributed by atoms with van der Waals surface area (Å²) in [5.41, 5.74) is 1.53. The van der Waals surface area contributed by atoms with Crippen molar-refractivity contribution in [1.29, 1.82) is 0 Å². The number of hydrogen-bond acceptors (Lipinski definition) is 3. The lowest BCUT2D eigenvalue weighted by Gasteiger charge is -1.92. The Hall–Kier alpha value is -2.03. The molecule has 1 aromatic carbocycles. The highest BCUT2D eigenvalue weighted by Crippen LogP contribution is 2.19. The molecule has 0 bridgehead atoms. The van der Waals surface area contributed by atoms with E-state index in [-0.39, 0.29) is 0 Å². The first-order chi connectivity index (χ1) is 7.31. The van der Waals surface area contributed by atoms with Crippen LogP contribution in [-0.2, 0) is 4.84 Å². The normalized spacial score (nSPS) is 11.7. The van der Waals surface area contributed by atoms with Crippen molar-refractivity contribution in [2.45, 2.75) is 6.92 Å². The number of para-hydroxylation sites is 1. The van der Waals surface area contributed by atoms with Crippen molar-refractivity contribution in [1.82, 2.24) is 0 Å². The highest BCUT2D eigenvalue weighted by Gasteiger charge is 2.05. The van der Waals surface area contributed by atoms with E-state index >= 15 is 0 Å². The molecule has 2 rings (SSSR count). The molecule has 0 unspecified atom stereocenters. The lowest BCUT2D eigenvalue weighted by atomic mass is 10.2. The summed E-state index contributed by atoms with van der Waals surface area (Å²) < 4.78 is 5.58. The minimum atomic E-state index is 0.686. The second-order valence-corrected chi connectivity index (χ2v) is 3.10. The van der Waals surface area contributed by atoms with Crippen LogP contribution in [0.25, 0.3) is 11.0 Å². The molecule has 0 spiro atoms. The molecule has 0 fully saturated rings. The van der Waals surface area contributed by atoms with E-state index in [9.17, 15) is 0 Å². The predicted octanol–water partition coefficient (Wildman–Crippen LogP) is 3.32. The fourth-order valence-corrected chi connectivity index (χ4v) is 1.32. The molecule has 1 aromatic heterocycles. The molecule has 0 aliphatic rings. The van der Waals surface area contributed by atoms with Gasteiger partial charge in [0.2, 0.25) is 0 Å². The first-order valence-electron chi connectivity index (χ1n) is 4.61. The molecular formula is C12H11NO2. The standard InChI is InChI=1S/C12H11NO2/c1-3-14-13-9(2)12-8-10-6-4-5-7-11(10)15-12/h3-8H,1H2,2H3. The first-order valence-corrected chi connectivity index (χ1v) is 4.61. The molecule has 0 aliphatic heterocycles. The monoisotopic (exact) mass is 201 g/mol. The van der Waals surface area contributed by atoms with E-state index in [1.54, 1.807) is 0 Å². The van der Waals surface area contributed by atoms with Gasteiger partial charge in [-0.05, 0) is 19.1 Å². The third-order valence-electron chi connectivity index (χ3n) is 2.05. The molecule has 76 valence electrons. The number of oxime groups is 1. The minimum Gasteiger partial charge on any atom is -0.455 e. The molecule has 0 N–H and O–H groups in total. The Kier molecular flexibility index (Phi) is 2.54. The van der Waals surface area contributed by atoms with Crippen molar-refractivity contribution in [3.8, 4) is 0 Å². The van der Waals surface area contributed by atoms with Crippen molar-refractivity contribution in [3.05, 3.63) is 48.9 Å². The molecule has 15 heavy (non-hydrogen) atoms. The molecule has 0 saturated heterocycles. The summed E-state index contributed by atoms with van der Waals surface area (Å²) >= 11 is 0. The predicted molar refractivity (Wildman–Crippen MR) is 59.7 cm³/mol. The lowest BCUT2D eigenvalue weighted by Crippen LogP contribution is -1.91. The molecule has 0 atom stereocenters. The SMILES string of the molecule is C=CON=C(C)c1cc2ccccc2o1. The average molecular weight is 201 g/mol. The number of fused-ring (bicyclic) bond motifs is 1. The number of nitrogens with zero attached hydrogens (tertiary/aromatic N) is 1. The Morgan fingerprint density at radius 3 is 3.00 bits per heavy atom. The third-order valence-corrected chi connectivity index (χ3v) is 2.05. The van der Waals surface area contributed by atoms with Gasteiger partial charge in [0.05, 0.1) is 0 Å². The average Bonchev–Trinajstić information content (AvgIpc) is 2.69. The molecule has 3 nitrogen and oxygen atoms in total. The van der Waals surface area contributed by atoms with Gasteiger partial charge in [-0.15, -0.1) is 0 Å². The Balaban J connectivity index is 2.40. The van der Waals surface area contributed by atoms with Crippen LogP contribution in [0, 0.1) is 0 Å². The van der Waals surface area contributed by atoms with Gasteiger partial charge in [0.25, 0.3) is 0 Å². The van der Waals surface area contributed by atoms with Gasteiger partial charge in [-0.3, -0.25) is 0 Å². The molecule has 0 amide bonds. The van der Waals surface area contributed by atoms with Crippen LogP contribution < -0.4 is 0 Å². The Morgan fingerprint density at radius 1 is 1.47 bits per heavy atom. The smallest absolute Gasteiger partial charge is 0.152 e. The summed E-state index contributed by atoms with van der Waals surface area (Å²) in [6.07, 6.45) is 1.27. The van der Waals surface area contributed by atoms with Crippen LogP contribution in [0.15, 0.2) is 52.7 Å². The number of hydrogen-bond donors (Lipinski definition) is 0. The zero-order valence-electron chi connectivity index (χ0n) is 8.43. The van der Waals surface area contributed by atoms with Gasteiger partial charge in [-0.25, -0.2) is 0 Å². The maximum absolute atomic E-state index is 5.58. The maximum Gasteiger partial charge on any atom is 0.152 e. The van der Waals surface area contributed by atoms with Gasteiger partial charge in [-0.1, -0.05) is 29.9 Å². The summed E-state index contributed by atoms with van der Waals surface area (Å²) in [5.74, 6) is 0.707. The largest absolute Gasteiger partial charge is 0.455 e. The second kappa shape index (κ2) is 4.00. The molecule has 1 heterocycles. The van der Waals surface area contributed by atoms with Crippen LogP contribution in [0.5, 0.6) is 0 Å². The van der Waals surface area contributed by atoms with Crippen LogP contribution in [0.1, 0.15) is 12.7 Å². The van der Waals surface area contributed by atoms with Crippen LogP contribution in [-0.4, -0.2) is 5.71 Å². The van der Waals surface area contributed by atoms with Gasteiger partial charge in [0, 0.05) is 5.39 Å². The van der Waals surface area contributed by atoms with Crippen molar-refractivity contribution in [3.63, 3.8) is 0 Å². The molecule has 0 radical (unpaired) electrons. The topological polar surface area (TPSA) is 34.7 Å². The van der Waals surface area contributed by atoms with Crippen molar-refractivity contribution < 1.29 is 9.25 Å². The number of benzene rings is 1. The van der Waals surface area contributed by atoms with E-state index in [0.29, 0.717) is 11.5 Å². The lowest BCUT2D eigenvalue weighted by molar-refractivity contribution is 0.269. The Morgan fingerprint density at radius 2 is 2.27 bits per heavy atom. The molecule has 2 aromatic rings.